The summed E-state index contributed by atoms with van der Waals surface area (Å²) in [4.78, 5) is 24.0. The highest BCUT2D eigenvalue weighted by Gasteiger charge is 2.27. The number of carbonyl (C=O) groups excluding carboxylic acids is 1. The summed E-state index contributed by atoms with van der Waals surface area (Å²) >= 11 is 1.61. The first-order chi connectivity index (χ1) is 10.3. The zero-order valence-corrected chi connectivity index (χ0v) is 12.6. The van der Waals surface area contributed by atoms with Crippen LogP contribution in [0, 0.1) is 5.92 Å². The number of carbonyl (C=O) groups is 1. The molecule has 21 heavy (non-hydrogen) atoms. The number of piperidine rings is 1. The number of thiophene rings is 1. The van der Waals surface area contributed by atoms with Crippen LogP contribution >= 0.6 is 11.3 Å². The van der Waals surface area contributed by atoms with Crippen molar-refractivity contribution in [1.82, 2.24) is 15.3 Å². The molecule has 1 atom stereocenters. The zero-order valence-electron chi connectivity index (χ0n) is 11.8. The molecule has 2 aromatic rings. The first kappa shape index (κ1) is 14.2. The molecule has 0 saturated carbocycles. The first-order valence-electron chi connectivity index (χ1n) is 7.20. The Labute approximate surface area is 127 Å². The summed E-state index contributed by atoms with van der Waals surface area (Å²) < 4.78 is 0. The van der Waals surface area contributed by atoms with Gasteiger partial charge < -0.3 is 16.0 Å². The highest BCUT2D eigenvalue weighted by atomic mass is 32.1. The van der Waals surface area contributed by atoms with E-state index >= 15 is 0 Å². The van der Waals surface area contributed by atoms with E-state index in [4.69, 9.17) is 5.73 Å². The van der Waals surface area contributed by atoms with Crippen LogP contribution in [-0.4, -0.2) is 42.1 Å². The van der Waals surface area contributed by atoms with Gasteiger partial charge in [-0.1, -0.05) is 0 Å². The van der Waals surface area contributed by atoms with E-state index < -0.39 is 0 Å². The highest BCUT2D eigenvalue weighted by molar-refractivity contribution is 7.16. The van der Waals surface area contributed by atoms with Crippen LogP contribution < -0.4 is 16.0 Å². The van der Waals surface area contributed by atoms with Gasteiger partial charge in [0.1, 0.15) is 17.0 Å². The van der Waals surface area contributed by atoms with E-state index in [0.717, 1.165) is 35.4 Å². The number of hydrogen-bond donors (Lipinski definition) is 2. The molecular weight excluding hydrogens is 286 g/mol. The molecule has 0 radical (unpaired) electrons. The Morgan fingerprint density at radius 2 is 2.43 bits per heavy atom. The standard InChI is InChI=1S/C14H19N5OS/c15-4-5-16-13(20)10-2-1-6-19(8-10)12-11-3-7-21-14(11)18-9-17-12/h3,7,9-10H,1-2,4-6,8,15H2,(H,16,20). The largest absolute Gasteiger partial charge is 0.355 e. The number of nitrogens with two attached hydrogens (primary N) is 1. The molecule has 3 heterocycles. The minimum atomic E-state index is 0.00829. The van der Waals surface area contributed by atoms with E-state index in [1.807, 2.05) is 11.4 Å². The van der Waals surface area contributed by atoms with E-state index in [1.165, 1.54) is 0 Å². The van der Waals surface area contributed by atoms with E-state index in [-0.39, 0.29) is 11.8 Å². The van der Waals surface area contributed by atoms with Gasteiger partial charge in [-0.2, -0.15) is 0 Å². The number of aromatic nitrogens is 2. The Morgan fingerprint density at radius 1 is 1.52 bits per heavy atom. The van der Waals surface area contributed by atoms with Gasteiger partial charge in [-0.25, -0.2) is 9.97 Å². The fourth-order valence-corrected chi connectivity index (χ4v) is 3.48. The van der Waals surface area contributed by atoms with Crippen LogP contribution in [0.2, 0.25) is 0 Å². The lowest BCUT2D eigenvalue weighted by Crippen LogP contribution is -2.44. The van der Waals surface area contributed by atoms with E-state index in [0.29, 0.717) is 19.6 Å². The van der Waals surface area contributed by atoms with Gasteiger partial charge in [0.2, 0.25) is 5.91 Å². The molecule has 0 aliphatic carbocycles. The minimum Gasteiger partial charge on any atom is -0.355 e. The summed E-state index contributed by atoms with van der Waals surface area (Å²) in [5.41, 5.74) is 5.43. The van der Waals surface area contributed by atoms with Crippen molar-refractivity contribution in [2.75, 3.05) is 31.1 Å². The molecule has 7 heteroatoms. The monoisotopic (exact) mass is 305 g/mol. The van der Waals surface area contributed by atoms with Gasteiger partial charge in [-0.05, 0) is 24.3 Å². The molecule has 3 N–H and O–H groups in total. The normalized spacial score (nSPS) is 18.9. The lowest BCUT2D eigenvalue weighted by atomic mass is 9.97. The molecule has 1 amide bonds. The van der Waals surface area contributed by atoms with Gasteiger partial charge in [-0.15, -0.1) is 11.3 Å². The minimum absolute atomic E-state index is 0.00829. The molecule has 1 aliphatic rings. The molecule has 2 aromatic heterocycles. The summed E-state index contributed by atoms with van der Waals surface area (Å²) in [6, 6.07) is 2.05. The van der Waals surface area contributed by atoms with Crippen LogP contribution in [0.15, 0.2) is 17.8 Å². The second-order valence-electron chi connectivity index (χ2n) is 5.20. The summed E-state index contributed by atoms with van der Waals surface area (Å²) in [6.07, 6.45) is 3.52. The molecule has 1 unspecified atom stereocenters. The number of amides is 1. The number of anilines is 1. The average molecular weight is 305 g/mol. The van der Waals surface area contributed by atoms with Crippen LogP contribution in [-0.2, 0) is 4.79 Å². The van der Waals surface area contributed by atoms with Gasteiger partial charge in [-0.3, -0.25) is 4.79 Å². The van der Waals surface area contributed by atoms with Crippen LogP contribution in [0.1, 0.15) is 12.8 Å². The van der Waals surface area contributed by atoms with Crippen molar-refractivity contribution in [2.24, 2.45) is 11.7 Å². The van der Waals surface area contributed by atoms with Gasteiger partial charge in [0, 0.05) is 26.2 Å². The van der Waals surface area contributed by atoms with E-state index in [1.54, 1.807) is 17.7 Å². The fourth-order valence-electron chi connectivity index (χ4n) is 2.75. The molecule has 3 rings (SSSR count). The number of rotatable bonds is 4. The van der Waals surface area contributed by atoms with Gasteiger partial charge in [0.05, 0.1) is 11.3 Å². The van der Waals surface area contributed by atoms with Crippen LogP contribution in [0.5, 0.6) is 0 Å². The van der Waals surface area contributed by atoms with Gasteiger partial charge >= 0.3 is 0 Å². The third kappa shape index (κ3) is 2.98. The van der Waals surface area contributed by atoms with Gasteiger partial charge in [0.25, 0.3) is 0 Å². The van der Waals surface area contributed by atoms with E-state index in [9.17, 15) is 4.79 Å². The Hall–Kier alpha value is -1.73. The molecule has 1 saturated heterocycles. The Balaban J connectivity index is 1.77. The molecule has 6 nitrogen and oxygen atoms in total. The summed E-state index contributed by atoms with van der Waals surface area (Å²) in [5, 5.41) is 5.99. The number of nitrogens with zero attached hydrogens (tertiary/aromatic N) is 3. The second kappa shape index (κ2) is 6.36. The van der Waals surface area contributed by atoms with Crippen molar-refractivity contribution in [2.45, 2.75) is 12.8 Å². The highest BCUT2D eigenvalue weighted by Crippen LogP contribution is 2.29. The number of fused-ring (bicyclic) bond motifs is 1. The maximum atomic E-state index is 12.1. The van der Waals surface area contributed by atoms with Crippen LogP contribution in [0.25, 0.3) is 10.2 Å². The Kier molecular flexibility index (Phi) is 4.31. The predicted octanol–water partition coefficient (Wildman–Crippen LogP) is 0.983. The maximum absolute atomic E-state index is 12.1. The summed E-state index contributed by atoms with van der Waals surface area (Å²) in [7, 11) is 0. The Bertz CT molecular complexity index is 629. The molecule has 0 bridgehead atoms. The zero-order chi connectivity index (χ0) is 14.7. The lowest BCUT2D eigenvalue weighted by molar-refractivity contribution is -0.125. The van der Waals surface area contributed by atoms with Crippen molar-refractivity contribution in [1.29, 1.82) is 0 Å². The van der Waals surface area contributed by atoms with Crippen molar-refractivity contribution < 1.29 is 4.79 Å². The van der Waals surface area contributed by atoms with Crippen LogP contribution in [0.4, 0.5) is 5.82 Å². The number of nitrogens with one attached hydrogen (secondary N) is 1. The van der Waals surface area contributed by atoms with Crippen LogP contribution in [0.3, 0.4) is 0 Å². The quantitative estimate of drug-likeness (QED) is 0.880. The third-order valence-electron chi connectivity index (χ3n) is 3.78. The molecule has 1 aliphatic heterocycles. The topological polar surface area (TPSA) is 84.1 Å². The van der Waals surface area contributed by atoms with Crippen molar-refractivity contribution in [3.63, 3.8) is 0 Å². The molecule has 1 fully saturated rings. The number of hydrogen-bond acceptors (Lipinski definition) is 6. The average Bonchev–Trinajstić information content (AvgIpc) is 3.01. The summed E-state index contributed by atoms with van der Waals surface area (Å²) in [5.74, 6) is 1.05. The lowest BCUT2D eigenvalue weighted by Gasteiger charge is -2.33. The predicted molar refractivity (Wildman–Crippen MR) is 84.4 cm³/mol. The smallest absolute Gasteiger partial charge is 0.224 e. The van der Waals surface area contributed by atoms with Crippen molar-refractivity contribution >= 4 is 33.3 Å². The summed E-state index contributed by atoms with van der Waals surface area (Å²) in [6.45, 7) is 2.65. The second-order valence-corrected chi connectivity index (χ2v) is 6.10. The van der Waals surface area contributed by atoms with Crippen molar-refractivity contribution in [3.8, 4) is 0 Å². The molecule has 0 spiro atoms. The molecular formula is C14H19N5OS. The SMILES string of the molecule is NCCNC(=O)C1CCCN(c2ncnc3sccc23)C1. The molecule has 0 aromatic carbocycles. The first-order valence-corrected chi connectivity index (χ1v) is 8.08. The molecule has 112 valence electrons. The van der Waals surface area contributed by atoms with E-state index in [2.05, 4.69) is 20.2 Å². The fraction of sp³-hybridized carbons (Fsp3) is 0.500. The van der Waals surface area contributed by atoms with Gasteiger partial charge in [0.15, 0.2) is 0 Å². The maximum Gasteiger partial charge on any atom is 0.224 e. The third-order valence-corrected chi connectivity index (χ3v) is 4.60. The van der Waals surface area contributed by atoms with Crippen molar-refractivity contribution in [3.05, 3.63) is 17.8 Å². The Morgan fingerprint density at radius 3 is 3.29 bits per heavy atom.